The molecule has 6 N–H and O–H groups in total. The SMILES string of the molecule is CC(O)C(Nc1cccc(OCNC(CCONc2cc[n+](Cc3ccccc3)cc2)C(=O)Nc2cc[n+](Cc3ccccc3)cc2)c1)C(=O)O. The number of amides is 1. The van der Waals surface area contributed by atoms with E-state index in [1.165, 1.54) is 18.1 Å². The summed E-state index contributed by atoms with van der Waals surface area (Å²) in [6.45, 7) is 3.07. The molecule has 12 nitrogen and oxygen atoms in total. The molecule has 264 valence electrons. The zero-order valence-corrected chi connectivity index (χ0v) is 28.4. The summed E-state index contributed by atoms with van der Waals surface area (Å²) in [5, 5.41) is 28.2. The molecule has 0 spiro atoms. The standard InChI is InChI=1S/C39H42N6O6/c1-29(46)37(39(48)49)41-34-13-8-14-35(25-34)50-28-40-36(38(47)42-32-15-20-44(21-16-32)26-30-9-4-2-5-10-30)19-24-51-43-33-17-22-45(23-18-33)27-31-11-6-3-7-12-31/h2-18,20-23,25,29,36-37,40-41,46H,19,24,26-28H2,1H3,(H,48,49)/p+2. The molecular formula is C39H44N6O6+2. The minimum absolute atomic E-state index is 0.0142. The van der Waals surface area contributed by atoms with Crippen LogP contribution in [0, 0.1) is 0 Å². The van der Waals surface area contributed by atoms with Gasteiger partial charge in [0, 0.05) is 47.1 Å². The third kappa shape index (κ3) is 11.9. The minimum Gasteiger partial charge on any atom is -0.480 e. The average molecular weight is 693 g/mol. The van der Waals surface area contributed by atoms with Gasteiger partial charge in [0.15, 0.2) is 43.9 Å². The first-order chi connectivity index (χ1) is 24.8. The number of carbonyl (C=O) groups excluding carboxylic acids is 1. The summed E-state index contributed by atoms with van der Waals surface area (Å²) < 4.78 is 9.98. The van der Waals surface area contributed by atoms with Crippen molar-refractivity contribution < 1.29 is 38.5 Å². The monoisotopic (exact) mass is 692 g/mol. The number of rotatable bonds is 19. The molecule has 0 saturated carbocycles. The van der Waals surface area contributed by atoms with Crippen LogP contribution < -0.4 is 35.3 Å². The van der Waals surface area contributed by atoms with Crippen molar-refractivity contribution >= 4 is 28.9 Å². The highest BCUT2D eigenvalue weighted by Crippen LogP contribution is 2.19. The molecule has 51 heavy (non-hydrogen) atoms. The number of nitrogens with one attached hydrogen (secondary N) is 4. The van der Waals surface area contributed by atoms with E-state index >= 15 is 0 Å². The summed E-state index contributed by atoms with van der Waals surface area (Å²) in [4.78, 5) is 30.7. The van der Waals surface area contributed by atoms with Gasteiger partial charge in [0.2, 0.25) is 5.91 Å². The quantitative estimate of drug-likeness (QED) is 0.0327. The maximum absolute atomic E-state index is 13.5. The molecule has 0 aliphatic carbocycles. The second-order valence-electron chi connectivity index (χ2n) is 12.0. The Bertz CT molecular complexity index is 1810. The van der Waals surface area contributed by atoms with Gasteiger partial charge in [-0.1, -0.05) is 66.7 Å². The van der Waals surface area contributed by atoms with Gasteiger partial charge in [0.25, 0.3) is 0 Å². The van der Waals surface area contributed by atoms with Gasteiger partial charge in [0.1, 0.15) is 12.5 Å². The van der Waals surface area contributed by atoms with E-state index in [0.717, 1.165) is 12.2 Å². The Morgan fingerprint density at radius 1 is 0.745 bits per heavy atom. The molecule has 0 bridgehead atoms. The number of benzene rings is 3. The third-order valence-corrected chi connectivity index (χ3v) is 7.95. The van der Waals surface area contributed by atoms with Crippen LogP contribution in [0.4, 0.5) is 17.1 Å². The molecule has 3 aromatic carbocycles. The van der Waals surface area contributed by atoms with E-state index in [2.05, 4.69) is 50.3 Å². The normalized spacial score (nSPS) is 12.7. The molecule has 2 heterocycles. The van der Waals surface area contributed by atoms with Gasteiger partial charge in [-0.05, 0) is 25.5 Å². The van der Waals surface area contributed by atoms with E-state index in [-0.39, 0.29) is 19.2 Å². The molecule has 5 rings (SSSR count). The van der Waals surface area contributed by atoms with Gasteiger partial charge in [-0.25, -0.2) is 13.9 Å². The Labute approximate surface area is 297 Å². The first-order valence-corrected chi connectivity index (χ1v) is 16.7. The summed E-state index contributed by atoms with van der Waals surface area (Å²) in [5.41, 5.74) is 7.22. The fourth-order valence-corrected chi connectivity index (χ4v) is 5.20. The van der Waals surface area contributed by atoms with Crippen LogP contribution in [0.15, 0.2) is 134 Å². The first kappa shape index (κ1) is 36.5. The largest absolute Gasteiger partial charge is 0.480 e. The first-order valence-electron chi connectivity index (χ1n) is 16.7. The number of hydrogen-bond donors (Lipinski definition) is 6. The summed E-state index contributed by atoms with van der Waals surface area (Å²) in [6, 6.07) is 32.7. The molecule has 0 radical (unpaired) electrons. The van der Waals surface area contributed by atoms with E-state index in [9.17, 15) is 19.8 Å². The molecule has 3 unspecified atom stereocenters. The Morgan fingerprint density at radius 2 is 1.33 bits per heavy atom. The molecule has 1 amide bonds. The third-order valence-electron chi connectivity index (χ3n) is 7.95. The van der Waals surface area contributed by atoms with Crippen molar-refractivity contribution in [1.82, 2.24) is 5.32 Å². The molecular weight excluding hydrogens is 648 g/mol. The molecule has 0 aliphatic heterocycles. The Morgan fingerprint density at radius 3 is 1.90 bits per heavy atom. The van der Waals surface area contributed by atoms with Crippen LogP contribution >= 0.6 is 0 Å². The predicted molar refractivity (Wildman–Crippen MR) is 193 cm³/mol. The maximum atomic E-state index is 13.5. The fourth-order valence-electron chi connectivity index (χ4n) is 5.20. The molecule has 0 fully saturated rings. The molecule has 12 heteroatoms. The van der Waals surface area contributed by atoms with Crippen LogP contribution in [-0.2, 0) is 27.5 Å². The lowest BCUT2D eigenvalue weighted by Gasteiger charge is -2.20. The van der Waals surface area contributed by atoms with Gasteiger partial charge in [0.05, 0.1) is 30.1 Å². The van der Waals surface area contributed by atoms with Crippen molar-refractivity contribution in [2.24, 2.45) is 0 Å². The summed E-state index contributed by atoms with van der Waals surface area (Å²) in [6.07, 6.45) is 6.97. The van der Waals surface area contributed by atoms with Gasteiger partial charge in [-0.3, -0.25) is 20.4 Å². The number of aromatic nitrogens is 2. The minimum atomic E-state index is -1.18. The number of pyridine rings is 2. The number of carboxylic acid groups (broad SMARTS) is 1. The second kappa shape index (κ2) is 18.8. The highest BCUT2D eigenvalue weighted by Gasteiger charge is 2.23. The van der Waals surface area contributed by atoms with Crippen molar-refractivity contribution in [3.05, 3.63) is 145 Å². The van der Waals surface area contributed by atoms with Gasteiger partial charge >= 0.3 is 5.97 Å². The molecule has 0 saturated heterocycles. The van der Waals surface area contributed by atoms with Crippen LogP contribution in [0.25, 0.3) is 0 Å². The highest BCUT2D eigenvalue weighted by molar-refractivity contribution is 5.94. The number of anilines is 3. The second-order valence-corrected chi connectivity index (χ2v) is 12.0. The lowest BCUT2D eigenvalue weighted by molar-refractivity contribution is -0.688. The van der Waals surface area contributed by atoms with Crippen molar-refractivity contribution in [1.29, 1.82) is 0 Å². The van der Waals surface area contributed by atoms with E-state index < -0.39 is 24.2 Å². The van der Waals surface area contributed by atoms with E-state index in [4.69, 9.17) is 9.57 Å². The summed E-state index contributed by atoms with van der Waals surface area (Å²) >= 11 is 0. The summed E-state index contributed by atoms with van der Waals surface area (Å²) in [7, 11) is 0. The molecule has 5 aromatic rings. The topological polar surface area (TPSA) is 149 Å². The van der Waals surface area contributed by atoms with E-state index in [1.807, 2.05) is 90.0 Å². The van der Waals surface area contributed by atoms with Gasteiger partial charge < -0.3 is 25.6 Å². The number of hydrogen-bond acceptors (Lipinski definition) is 8. The van der Waals surface area contributed by atoms with E-state index in [1.54, 1.807) is 24.3 Å². The molecule has 3 atom stereocenters. The predicted octanol–water partition coefficient (Wildman–Crippen LogP) is 3.97. The van der Waals surface area contributed by atoms with Crippen molar-refractivity contribution in [2.45, 2.75) is 44.6 Å². The van der Waals surface area contributed by atoms with Crippen LogP contribution in [0.1, 0.15) is 24.5 Å². The summed E-state index contributed by atoms with van der Waals surface area (Å²) in [5.74, 6) is -0.993. The lowest BCUT2D eigenvalue weighted by Crippen LogP contribution is -2.43. The van der Waals surface area contributed by atoms with E-state index in [0.29, 0.717) is 30.1 Å². The van der Waals surface area contributed by atoms with Gasteiger partial charge in [-0.2, -0.15) is 0 Å². The maximum Gasteiger partial charge on any atom is 0.328 e. The Hall–Kier alpha value is -5.82. The number of aliphatic hydroxyl groups is 1. The Kier molecular flexibility index (Phi) is 13.4. The fraction of sp³-hybridized carbons (Fsp3) is 0.231. The number of aliphatic carboxylic acids is 1. The molecule has 2 aromatic heterocycles. The lowest BCUT2D eigenvalue weighted by atomic mass is 10.1. The van der Waals surface area contributed by atoms with Crippen molar-refractivity contribution in [3.63, 3.8) is 0 Å². The average Bonchev–Trinajstić information content (AvgIpc) is 3.14. The number of carboxylic acids is 1. The zero-order valence-electron chi connectivity index (χ0n) is 28.4. The zero-order chi connectivity index (χ0) is 35.8. The molecule has 0 aliphatic rings. The van der Waals surface area contributed by atoms with Crippen LogP contribution in [0.5, 0.6) is 5.75 Å². The van der Waals surface area contributed by atoms with Crippen LogP contribution in [0.3, 0.4) is 0 Å². The highest BCUT2D eigenvalue weighted by atomic mass is 16.6. The van der Waals surface area contributed by atoms with Gasteiger partial charge in [-0.15, -0.1) is 0 Å². The van der Waals surface area contributed by atoms with Crippen molar-refractivity contribution in [2.75, 3.05) is 29.5 Å². The smallest absolute Gasteiger partial charge is 0.328 e. The Balaban J connectivity index is 1.16. The van der Waals surface area contributed by atoms with Crippen LogP contribution in [-0.4, -0.2) is 53.6 Å². The number of carbonyl (C=O) groups is 2. The number of nitrogens with zero attached hydrogens (tertiary/aromatic N) is 2. The number of ether oxygens (including phenoxy) is 1. The van der Waals surface area contributed by atoms with Crippen molar-refractivity contribution in [3.8, 4) is 5.75 Å². The number of aliphatic hydroxyl groups excluding tert-OH is 1. The van der Waals surface area contributed by atoms with Crippen LogP contribution in [0.2, 0.25) is 0 Å².